The summed E-state index contributed by atoms with van der Waals surface area (Å²) in [4.78, 5) is 4.07. The number of nitrogens with one attached hydrogen (secondary N) is 1. The van der Waals surface area contributed by atoms with Crippen molar-refractivity contribution >= 4 is 0 Å². The van der Waals surface area contributed by atoms with Crippen LogP contribution in [0.3, 0.4) is 0 Å². The average Bonchev–Trinajstić information content (AvgIpc) is 2.35. The Balaban J connectivity index is 1.75. The van der Waals surface area contributed by atoms with Crippen molar-refractivity contribution in [2.24, 2.45) is 5.92 Å². The van der Waals surface area contributed by atoms with Crippen LogP contribution in [0.15, 0.2) is 24.5 Å². The van der Waals surface area contributed by atoms with Crippen molar-refractivity contribution in [2.75, 3.05) is 6.54 Å². The Morgan fingerprint density at radius 1 is 1.47 bits per heavy atom. The fourth-order valence-corrected chi connectivity index (χ4v) is 2.42. The topological polar surface area (TPSA) is 45.1 Å². The molecule has 2 N–H and O–H groups in total. The number of aliphatic hydroxyl groups is 1. The highest BCUT2D eigenvalue weighted by atomic mass is 16.3. The van der Waals surface area contributed by atoms with E-state index in [0.29, 0.717) is 6.54 Å². The Bertz CT molecular complexity index is 331. The summed E-state index contributed by atoms with van der Waals surface area (Å²) in [5, 5.41) is 13.7. The number of hydrogen-bond acceptors (Lipinski definition) is 3. The number of aromatic nitrogens is 1. The Morgan fingerprint density at radius 3 is 2.88 bits per heavy atom. The molecule has 0 radical (unpaired) electrons. The molecule has 0 aliphatic heterocycles. The summed E-state index contributed by atoms with van der Waals surface area (Å²) in [6.45, 7) is 3.74. The van der Waals surface area contributed by atoms with Gasteiger partial charge in [-0.3, -0.25) is 4.98 Å². The van der Waals surface area contributed by atoms with Crippen LogP contribution < -0.4 is 5.32 Å². The fourth-order valence-electron chi connectivity index (χ4n) is 2.42. The van der Waals surface area contributed by atoms with E-state index < -0.39 is 5.60 Å². The summed E-state index contributed by atoms with van der Waals surface area (Å²) in [7, 11) is 0. The molecule has 1 heterocycles. The summed E-state index contributed by atoms with van der Waals surface area (Å²) in [6, 6.07) is 3.99. The Hall–Kier alpha value is -0.930. The van der Waals surface area contributed by atoms with Gasteiger partial charge in [-0.1, -0.05) is 13.0 Å². The summed E-state index contributed by atoms with van der Waals surface area (Å²) < 4.78 is 0. The highest BCUT2D eigenvalue weighted by Crippen LogP contribution is 2.31. The van der Waals surface area contributed by atoms with Crippen LogP contribution in [0.2, 0.25) is 0 Å². The van der Waals surface area contributed by atoms with Gasteiger partial charge in [0.05, 0.1) is 5.60 Å². The number of nitrogens with zero attached hydrogens (tertiary/aromatic N) is 1. The van der Waals surface area contributed by atoms with Crippen molar-refractivity contribution in [3.63, 3.8) is 0 Å². The minimum Gasteiger partial charge on any atom is -0.389 e. The highest BCUT2D eigenvalue weighted by molar-refractivity contribution is 5.08. The van der Waals surface area contributed by atoms with E-state index in [1.165, 1.54) is 5.56 Å². The van der Waals surface area contributed by atoms with Gasteiger partial charge in [0.15, 0.2) is 0 Å². The summed E-state index contributed by atoms with van der Waals surface area (Å²) in [5.74, 6) is 0.772. The minimum atomic E-state index is -0.491. The Labute approximate surface area is 103 Å². The second kappa shape index (κ2) is 5.61. The largest absolute Gasteiger partial charge is 0.389 e. The first-order valence-electron chi connectivity index (χ1n) is 6.50. The van der Waals surface area contributed by atoms with E-state index >= 15 is 0 Å². The van der Waals surface area contributed by atoms with Crippen LogP contribution in [0.25, 0.3) is 0 Å². The first-order valence-corrected chi connectivity index (χ1v) is 6.50. The number of rotatable bonds is 4. The lowest BCUT2D eigenvalue weighted by molar-refractivity contribution is -0.00630. The minimum absolute atomic E-state index is 0.491. The van der Waals surface area contributed by atoms with E-state index in [0.717, 1.165) is 38.1 Å². The summed E-state index contributed by atoms with van der Waals surface area (Å²) >= 11 is 0. The van der Waals surface area contributed by atoms with Gasteiger partial charge in [0.2, 0.25) is 0 Å². The van der Waals surface area contributed by atoms with Gasteiger partial charge in [0.1, 0.15) is 0 Å². The van der Waals surface area contributed by atoms with E-state index in [1.54, 1.807) is 6.20 Å². The van der Waals surface area contributed by atoms with E-state index in [2.05, 4.69) is 17.2 Å². The van der Waals surface area contributed by atoms with Crippen molar-refractivity contribution < 1.29 is 5.11 Å². The molecule has 3 heteroatoms. The molecule has 0 spiro atoms. The SMILES string of the molecule is CC1CCC(O)(CNCc2cccnc2)CC1. The molecule has 94 valence electrons. The molecule has 1 saturated carbocycles. The van der Waals surface area contributed by atoms with Gasteiger partial charge >= 0.3 is 0 Å². The van der Waals surface area contributed by atoms with Crippen LogP contribution in [0, 0.1) is 5.92 Å². The molecule has 1 aliphatic rings. The molecular weight excluding hydrogens is 212 g/mol. The van der Waals surface area contributed by atoms with Crippen LogP contribution in [0.5, 0.6) is 0 Å². The molecule has 0 atom stereocenters. The van der Waals surface area contributed by atoms with Crippen LogP contribution in [0.1, 0.15) is 38.2 Å². The smallest absolute Gasteiger partial charge is 0.0771 e. The van der Waals surface area contributed by atoms with Crippen LogP contribution in [0.4, 0.5) is 0 Å². The third kappa shape index (κ3) is 3.79. The molecule has 1 aromatic rings. The van der Waals surface area contributed by atoms with Crippen molar-refractivity contribution in [1.29, 1.82) is 0 Å². The van der Waals surface area contributed by atoms with E-state index in [1.807, 2.05) is 18.3 Å². The first kappa shape index (κ1) is 12.5. The maximum atomic E-state index is 10.4. The fraction of sp³-hybridized carbons (Fsp3) is 0.643. The van der Waals surface area contributed by atoms with Crippen LogP contribution >= 0.6 is 0 Å². The molecule has 3 nitrogen and oxygen atoms in total. The zero-order valence-electron chi connectivity index (χ0n) is 10.5. The molecule has 2 rings (SSSR count). The molecule has 17 heavy (non-hydrogen) atoms. The van der Waals surface area contributed by atoms with Crippen molar-refractivity contribution in [2.45, 2.75) is 44.8 Å². The van der Waals surface area contributed by atoms with Crippen LogP contribution in [-0.2, 0) is 6.54 Å². The van der Waals surface area contributed by atoms with Gasteiger partial charge in [-0.05, 0) is 43.2 Å². The second-order valence-electron chi connectivity index (χ2n) is 5.37. The molecule has 1 aliphatic carbocycles. The zero-order chi connectivity index (χ0) is 12.1. The lowest BCUT2D eigenvalue weighted by atomic mass is 9.79. The summed E-state index contributed by atoms with van der Waals surface area (Å²) in [5.41, 5.74) is 0.676. The van der Waals surface area contributed by atoms with Crippen molar-refractivity contribution in [3.05, 3.63) is 30.1 Å². The van der Waals surface area contributed by atoms with E-state index in [4.69, 9.17) is 0 Å². The maximum absolute atomic E-state index is 10.4. The normalized spacial score (nSPS) is 29.2. The van der Waals surface area contributed by atoms with Crippen LogP contribution in [-0.4, -0.2) is 22.2 Å². The molecule has 0 bridgehead atoms. The van der Waals surface area contributed by atoms with Gasteiger partial charge in [-0.2, -0.15) is 0 Å². The molecular formula is C14H22N2O. The predicted molar refractivity (Wildman–Crippen MR) is 68.5 cm³/mol. The number of pyridine rings is 1. The van der Waals surface area contributed by atoms with Gasteiger partial charge in [-0.15, -0.1) is 0 Å². The monoisotopic (exact) mass is 234 g/mol. The van der Waals surface area contributed by atoms with Gasteiger partial charge in [0.25, 0.3) is 0 Å². The Kier molecular flexibility index (Phi) is 4.13. The third-order valence-corrected chi connectivity index (χ3v) is 3.71. The predicted octanol–water partition coefficient (Wildman–Crippen LogP) is 2.11. The Morgan fingerprint density at radius 2 is 2.24 bits per heavy atom. The molecule has 0 amide bonds. The van der Waals surface area contributed by atoms with Crippen molar-refractivity contribution in [1.82, 2.24) is 10.3 Å². The van der Waals surface area contributed by atoms with E-state index in [-0.39, 0.29) is 0 Å². The average molecular weight is 234 g/mol. The lowest BCUT2D eigenvalue weighted by Gasteiger charge is -2.35. The van der Waals surface area contributed by atoms with Crippen molar-refractivity contribution in [3.8, 4) is 0 Å². The molecule has 1 fully saturated rings. The number of hydrogen-bond donors (Lipinski definition) is 2. The first-order chi connectivity index (χ1) is 8.18. The molecule has 0 saturated heterocycles. The lowest BCUT2D eigenvalue weighted by Crippen LogP contribution is -2.43. The summed E-state index contributed by atoms with van der Waals surface area (Å²) in [6.07, 6.45) is 7.78. The second-order valence-corrected chi connectivity index (χ2v) is 5.37. The third-order valence-electron chi connectivity index (χ3n) is 3.71. The van der Waals surface area contributed by atoms with E-state index in [9.17, 15) is 5.11 Å². The molecule has 0 aromatic carbocycles. The van der Waals surface area contributed by atoms with Gasteiger partial charge in [-0.25, -0.2) is 0 Å². The molecule has 1 aromatic heterocycles. The standard InChI is InChI=1S/C14H22N2O/c1-12-4-6-14(17,7-5-12)11-16-10-13-3-2-8-15-9-13/h2-3,8-9,12,16-17H,4-7,10-11H2,1H3. The zero-order valence-corrected chi connectivity index (χ0v) is 10.5. The molecule has 0 unspecified atom stereocenters. The van der Waals surface area contributed by atoms with Gasteiger partial charge in [0, 0.05) is 25.5 Å². The van der Waals surface area contributed by atoms with Gasteiger partial charge < -0.3 is 10.4 Å². The quantitative estimate of drug-likeness (QED) is 0.838. The highest BCUT2D eigenvalue weighted by Gasteiger charge is 2.31. The maximum Gasteiger partial charge on any atom is 0.0771 e.